The van der Waals surface area contributed by atoms with E-state index in [1.807, 2.05) is 42.5 Å². The van der Waals surface area contributed by atoms with Gasteiger partial charge in [-0.25, -0.2) is 14.8 Å². The van der Waals surface area contributed by atoms with Crippen molar-refractivity contribution in [2.75, 3.05) is 38.2 Å². The van der Waals surface area contributed by atoms with Crippen LogP contribution in [0, 0.1) is 0 Å². The second-order valence-corrected chi connectivity index (χ2v) is 7.85. The van der Waals surface area contributed by atoms with Gasteiger partial charge in [0.1, 0.15) is 23.5 Å². The van der Waals surface area contributed by atoms with Gasteiger partial charge in [-0.3, -0.25) is 4.90 Å². The van der Waals surface area contributed by atoms with E-state index in [0.717, 1.165) is 27.9 Å². The molecular formula is C23H21ClN4O3. The van der Waals surface area contributed by atoms with Crippen LogP contribution in [0.4, 0.5) is 5.82 Å². The highest BCUT2D eigenvalue weighted by Gasteiger charge is 2.33. The number of hydrogen-bond acceptors (Lipinski definition) is 7. The molecule has 0 amide bonds. The van der Waals surface area contributed by atoms with E-state index in [0.29, 0.717) is 36.8 Å². The topological polar surface area (TPSA) is 71.7 Å². The maximum absolute atomic E-state index is 12.6. The van der Waals surface area contributed by atoms with Gasteiger partial charge in [0.2, 0.25) is 0 Å². The standard InChI is InChI=1S/C23H21ClN4O3/c1-30-23(29)20(15-6-2-4-8-17(15)24)27-10-12-28(13-11-27)22-21-19(25-14-26-22)16-7-3-5-9-18(16)31-21/h2-9,14,20H,10-13H2,1H3. The number of furan rings is 1. The van der Waals surface area contributed by atoms with Crippen molar-refractivity contribution in [2.45, 2.75) is 6.04 Å². The number of rotatable bonds is 4. The maximum Gasteiger partial charge on any atom is 0.327 e. The fraction of sp³-hybridized carbons (Fsp3) is 0.261. The molecule has 158 valence electrons. The van der Waals surface area contributed by atoms with Gasteiger partial charge in [-0.15, -0.1) is 0 Å². The Morgan fingerprint density at radius 2 is 1.81 bits per heavy atom. The van der Waals surface area contributed by atoms with Crippen molar-refractivity contribution >= 4 is 45.5 Å². The molecule has 31 heavy (non-hydrogen) atoms. The fourth-order valence-electron chi connectivity index (χ4n) is 4.21. The average Bonchev–Trinajstić information content (AvgIpc) is 3.20. The number of nitrogens with zero attached hydrogens (tertiary/aromatic N) is 4. The molecule has 1 saturated heterocycles. The van der Waals surface area contributed by atoms with Gasteiger partial charge in [0.25, 0.3) is 0 Å². The van der Waals surface area contributed by atoms with E-state index < -0.39 is 6.04 Å². The first-order valence-electron chi connectivity index (χ1n) is 10.1. The van der Waals surface area contributed by atoms with E-state index in [1.54, 1.807) is 12.4 Å². The number of hydrogen-bond donors (Lipinski definition) is 0. The summed E-state index contributed by atoms with van der Waals surface area (Å²) >= 11 is 6.39. The molecule has 3 heterocycles. The lowest BCUT2D eigenvalue weighted by atomic mass is 10.0. The summed E-state index contributed by atoms with van der Waals surface area (Å²) in [5.41, 5.74) is 3.05. The molecule has 0 spiro atoms. The second kappa shape index (κ2) is 8.17. The van der Waals surface area contributed by atoms with Gasteiger partial charge >= 0.3 is 5.97 Å². The van der Waals surface area contributed by atoms with Crippen molar-refractivity contribution in [1.82, 2.24) is 14.9 Å². The molecule has 4 aromatic rings. The lowest BCUT2D eigenvalue weighted by Gasteiger charge is -2.38. The summed E-state index contributed by atoms with van der Waals surface area (Å²) in [6.45, 7) is 2.66. The van der Waals surface area contributed by atoms with Crippen molar-refractivity contribution in [3.8, 4) is 0 Å². The summed E-state index contributed by atoms with van der Waals surface area (Å²) < 4.78 is 11.2. The number of methoxy groups -OCH3 is 1. The molecule has 2 aromatic carbocycles. The molecule has 0 radical (unpaired) electrons. The van der Waals surface area contributed by atoms with Crippen LogP contribution in [0.3, 0.4) is 0 Å². The number of aromatic nitrogens is 2. The van der Waals surface area contributed by atoms with Crippen molar-refractivity contribution in [2.24, 2.45) is 0 Å². The summed E-state index contributed by atoms with van der Waals surface area (Å²) in [4.78, 5) is 25.8. The predicted octanol–water partition coefficient (Wildman–Crippen LogP) is 4.07. The third-order valence-electron chi connectivity index (χ3n) is 5.74. The van der Waals surface area contributed by atoms with Gasteiger partial charge in [0.15, 0.2) is 11.4 Å². The van der Waals surface area contributed by atoms with Gasteiger partial charge in [-0.1, -0.05) is 41.9 Å². The number of para-hydroxylation sites is 1. The monoisotopic (exact) mass is 436 g/mol. The summed E-state index contributed by atoms with van der Waals surface area (Å²) in [5.74, 6) is 0.455. The van der Waals surface area contributed by atoms with E-state index >= 15 is 0 Å². The number of halogens is 1. The Balaban J connectivity index is 1.42. The van der Waals surface area contributed by atoms with Crippen LogP contribution in [-0.2, 0) is 9.53 Å². The van der Waals surface area contributed by atoms with E-state index in [9.17, 15) is 4.79 Å². The maximum atomic E-state index is 12.6. The Morgan fingerprint density at radius 1 is 1.06 bits per heavy atom. The highest BCUT2D eigenvalue weighted by molar-refractivity contribution is 6.31. The second-order valence-electron chi connectivity index (χ2n) is 7.44. The summed E-state index contributed by atoms with van der Waals surface area (Å²) in [5, 5.41) is 1.53. The molecule has 7 nitrogen and oxygen atoms in total. The third kappa shape index (κ3) is 3.49. The molecule has 1 unspecified atom stereocenters. The first kappa shape index (κ1) is 19.8. The number of carbonyl (C=O) groups excluding carboxylic acids is 1. The van der Waals surface area contributed by atoms with Crippen LogP contribution in [-0.4, -0.2) is 54.1 Å². The number of benzene rings is 2. The molecular weight excluding hydrogens is 416 g/mol. The number of esters is 1. The van der Waals surface area contributed by atoms with Crippen LogP contribution in [0.5, 0.6) is 0 Å². The van der Waals surface area contributed by atoms with Crippen molar-refractivity contribution < 1.29 is 13.9 Å². The van der Waals surface area contributed by atoms with E-state index in [4.69, 9.17) is 20.8 Å². The Labute approximate surface area is 184 Å². The van der Waals surface area contributed by atoms with E-state index in [-0.39, 0.29) is 5.97 Å². The first-order chi connectivity index (χ1) is 15.2. The number of fused-ring (bicyclic) bond motifs is 3. The van der Waals surface area contributed by atoms with Gasteiger partial charge in [-0.2, -0.15) is 0 Å². The summed E-state index contributed by atoms with van der Waals surface area (Å²) in [6, 6.07) is 14.7. The summed E-state index contributed by atoms with van der Waals surface area (Å²) in [7, 11) is 1.40. The Kier molecular flexibility index (Phi) is 5.21. The number of anilines is 1. The van der Waals surface area contributed by atoms with Crippen LogP contribution in [0.15, 0.2) is 59.3 Å². The Bertz CT molecular complexity index is 1250. The molecule has 1 aliphatic rings. The van der Waals surface area contributed by atoms with Gasteiger partial charge in [0.05, 0.1) is 7.11 Å². The highest BCUT2D eigenvalue weighted by Crippen LogP contribution is 2.34. The van der Waals surface area contributed by atoms with Crippen LogP contribution in [0.1, 0.15) is 11.6 Å². The first-order valence-corrected chi connectivity index (χ1v) is 10.5. The minimum Gasteiger partial charge on any atom is -0.468 e. The molecule has 5 rings (SSSR count). The molecule has 0 N–H and O–H groups in total. The molecule has 8 heteroatoms. The zero-order valence-corrected chi connectivity index (χ0v) is 17.7. The molecule has 1 atom stereocenters. The van der Waals surface area contributed by atoms with Gasteiger partial charge in [0, 0.05) is 36.6 Å². The van der Waals surface area contributed by atoms with Crippen LogP contribution >= 0.6 is 11.6 Å². The minimum atomic E-state index is -0.544. The lowest BCUT2D eigenvalue weighted by molar-refractivity contribution is -0.147. The van der Waals surface area contributed by atoms with Crippen molar-refractivity contribution in [3.05, 3.63) is 65.4 Å². The van der Waals surface area contributed by atoms with Crippen LogP contribution < -0.4 is 4.90 Å². The number of piperazine rings is 1. The van der Waals surface area contributed by atoms with E-state index in [1.165, 1.54) is 7.11 Å². The van der Waals surface area contributed by atoms with Gasteiger partial charge < -0.3 is 14.1 Å². The zero-order chi connectivity index (χ0) is 21.4. The third-order valence-corrected chi connectivity index (χ3v) is 6.09. The molecule has 1 fully saturated rings. The molecule has 0 bridgehead atoms. The normalized spacial score (nSPS) is 16.0. The molecule has 2 aromatic heterocycles. The Hall–Kier alpha value is -3.16. The van der Waals surface area contributed by atoms with Gasteiger partial charge in [-0.05, 0) is 23.8 Å². The Morgan fingerprint density at radius 3 is 2.58 bits per heavy atom. The molecule has 0 aliphatic carbocycles. The molecule has 0 saturated carbocycles. The smallest absolute Gasteiger partial charge is 0.327 e. The van der Waals surface area contributed by atoms with Crippen LogP contribution in [0.2, 0.25) is 5.02 Å². The number of carbonyl (C=O) groups is 1. The predicted molar refractivity (Wildman–Crippen MR) is 119 cm³/mol. The SMILES string of the molecule is COC(=O)C(c1ccccc1Cl)N1CCN(c2ncnc3c2oc2ccccc23)CC1. The molecule has 1 aliphatic heterocycles. The van der Waals surface area contributed by atoms with E-state index in [2.05, 4.69) is 19.8 Å². The lowest BCUT2D eigenvalue weighted by Crippen LogP contribution is -2.49. The van der Waals surface area contributed by atoms with Crippen molar-refractivity contribution in [3.63, 3.8) is 0 Å². The van der Waals surface area contributed by atoms with Crippen LogP contribution in [0.25, 0.3) is 22.1 Å². The number of ether oxygens (including phenoxy) is 1. The average molecular weight is 437 g/mol. The highest BCUT2D eigenvalue weighted by atomic mass is 35.5. The largest absolute Gasteiger partial charge is 0.468 e. The zero-order valence-electron chi connectivity index (χ0n) is 17.0. The van der Waals surface area contributed by atoms with Crippen molar-refractivity contribution in [1.29, 1.82) is 0 Å². The summed E-state index contributed by atoms with van der Waals surface area (Å²) in [6.07, 6.45) is 1.58. The minimum absolute atomic E-state index is 0.316. The quantitative estimate of drug-likeness (QED) is 0.446. The fourth-order valence-corrected chi connectivity index (χ4v) is 4.45.